The van der Waals surface area contributed by atoms with Gasteiger partial charge in [0, 0.05) is 18.3 Å². The van der Waals surface area contributed by atoms with E-state index in [1.807, 2.05) is 38.1 Å². The lowest BCUT2D eigenvalue weighted by Crippen LogP contribution is -2.32. The molecule has 1 aromatic carbocycles. The fourth-order valence-corrected chi connectivity index (χ4v) is 2.00. The van der Waals surface area contributed by atoms with Crippen molar-refractivity contribution in [3.05, 3.63) is 41.6 Å². The summed E-state index contributed by atoms with van der Waals surface area (Å²) in [6.07, 6.45) is 3.17. The zero-order valence-electron chi connectivity index (χ0n) is 11.3. The fourth-order valence-electron chi connectivity index (χ4n) is 2.00. The topological polar surface area (TPSA) is 49.4 Å². The number of amides is 2. The van der Waals surface area contributed by atoms with Crippen LogP contribution in [-0.4, -0.2) is 23.3 Å². The van der Waals surface area contributed by atoms with E-state index in [9.17, 15) is 9.59 Å². The number of imide groups is 1. The van der Waals surface area contributed by atoms with E-state index in [0.29, 0.717) is 12.2 Å². The van der Waals surface area contributed by atoms with Crippen molar-refractivity contribution in [1.29, 1.82) is 0 Å². The SMILES string of the molecule is CCCCN1C(=O)C=C(Nc2cccc(C)c2)C1=O. The quantitative estimate of drug-likeness (QED) is 0.825. The van der Waals surface area contributed by atoms with Crippen LogP contribution in [0.4, 0.5) is 5.69 Å². The molecule has 4 heteroatoms. The highest BCUT2D eigenvalue weighted by molar-refractivity contribution is 6.17. The summed E-state index contributed by atoms with van der Waals surface area (Å²) in [7, 11) is 0. The molecular weight excluding hydrogens is 240 g/mol. The van der Waals surface area contributed by atoms with Crippen LogP contribution in [0.3, 0.4) is 0 Å². The molecule has 0 aromatic heterocycles. The minimum Gasteiger partial charge on any atom is -0.351 e. The molecule has 0 unspecified atom stereocenters. The number of aryl methyl sites for hydroxylation is 1. The smallest absolute Gasteiger partial charge is 0.277 e. The van der Waals surface area contributed by atoms with Crippen molar-refractivity contribution < 1.29 is 9.59 Å². The minimum atomic E-state index is -0.236. The number of rotatable bonds is 5. The van der Waals surface area contributed by atoms with E-state index in [0.717, 1.165) is 24.1 Å². The van der Waals surface area contributed by atoms with Gasteiger partial charge in [-0.3, -0.25) is 14.5 Å². The molecule has 2 rings (SSSR count). The first-order chi connectivity index (χ1) is 9.11. The van der Waals surface area contributed by atoms with Gasteiger partial charge in [0.25, 0.3) is 11.8 Å². The molecule has 100 valence electrons. The highest BCUT2D eigenvalue weighted by atomic mass is 16.2. The van der Waals surface area contributed by atoms with E-state index in [-0.39, 0.29) is 11.8 Å². The largest absolute Gasteiger partial charge is 0.351 e. The molecule has 1 heterocycles. The molecule has 0 radical (unpaired) electrons. The van der Waals surface area contributed by atoms with Crippen LogP contribution in [0.25, 0.3) is 0 Å². The van der Waals surface area contributed by atoms with Crippen molar-refractivity contribution in [3.8, 4) is 0 Å². The van der Waals surface area contributed by atoms with Crippen LogP contribution < -0.4 is 5.32 Å². The highest BCUT2D eigenvalue weighted by Gasteiger charge is 2.30. The van der Waals surface area contributed by atoms with Crippen LogP contribution in [0.2, 0.25) is 0 Å². The third kappa shape index (κ3) is 3.02. The Labute approximate surface area is 113 Å². The van der Waals surface area contributed by atoms with Gasteiger partial charge in [-0.2, -0.15) is 0 Å². The Hall–Kier alpha value is -2.10. The van der Waals surface area contributed by atoms with Gasteiger partial charge >= 0.3 is 0 Å². The first-order valence-electron chi connectivity index (χ1n) is 6.53. The summed E-state index contributed by atoms with van der Waals surface area (Å²) in [5.74, 6) is -0.464. The molecule has 0 bridgehead atoms. The highest BCUT2D eigenvalue weighted by Crippen LogP contribution is 2.18. The van der Waals surface area contributed by atoms with Gasteiger partial charge in [0.1, 0.15) is 5.70 Å². The van der Waals surface area contributed by atoms with Crippen molar-refractivity contribution in [2.24, 2.45) is 0 Å². The molecule has 1 aliphatic rings. The predicted molar refractivity (Wildman–Crippen MR) is 74.5 cm³/mol. The van der Waals surface area contributed by atoms with Gasteiger partial charge in [-0.25, -0.2) is 0 Å². The monoisotopic (exact) mass is 258 g/mol. The number of nitrogens with zero attached hydrogens (tertiary/aromatic N) is 1. The minimum absolute atomic E-state index is 0.228. The number of nitrogens with one attached hydrogen (secondary N) is 1. The number of anilines is 1. The molecular formula is C15H18N2O2. The summed E-state index contributed by atoms with van der Waals surface area (Å²) < 4.78 is 0. The Morgan fingerprint density at radius 1 is 1.26 bits per heavy atom. The van der Waals surface area contributed by atoms with Crippen LogP contribution in [0.15, 0.2) is 36.0 Å². The summed E-state index contributed by atoms with van der Waals surface area (Å²) in [6, 6.07) is 7.71. The van der Waals surface area contributed by atoms with Gasteiger partial charge < -0.3 is 5.32 Å². The van der Waals surface area contributed by atoms with Crippen LogP contribution in [-0.2, 0) is 9.59 Å². The number of carbonyl (C=O) groups excluding carboxylic acids is 2. The Morgan fingerprint density at radius 3 is 2.74 bits per heavy atom. The molecule has 2 amide bonds. The first kappa shape index (κ1) is 13.3. The second-order valence-corrected chi connectivity index (χ2v) is 4.70. The van der Waals surface area contributed by atoms with Gasteiger partial charge in [0.2, 0.25) is 0 Å². The lowest BCUT2D eigenvalue weighted by atomic mass is 10.2. The van der Waals surface area contributed by atoms with Gasteiger partial charge in [0.05, 0.1) is 0 Å². The van der Waals surface area contributed by atoms with E-state index < -0.39 is 0 Å². The third-order valence-electron chi connectivity index (χ3n) is 3.04. The summed E-state index contributed by atoms with van der Waals surface area (Å²) in [5, 5.41) is 3.02. The van der Waals surface area contributed by atoms with E-state index in [1.54, 1.807) is 0 Å². The molecule has 0 saturated heterocycles. The average Bonchev–Trinajstić information content (AvgIpc) is 2.62. The van der Waals surface area contributed by atoms with E-state index >= 15 is 0 Å². The van der Waals surface area contributed by atoms with E-state index in [1.165, 1.54) is 11.0 Å². The molecule has 0 saturated carbocycles. The Kier molecular flexibility index (Phi) is 4.00. The molecule has 1 aliphatic heterocycles. The molecule has 0 atom stereocenters. The Balaban J connectivity index is 2.08. The third-order valence-corrected chi connectivity index (χ3v) is 3.04. The molecule has 4 nitrogen and oxygen atoms in total. The number of benzene rings is 1. The maximum absolute atomic E-state index is 12.1. The predicted octanol–water partition coefficient (Wildman–Crippen LogP) is 2.46. The summed E-state index contributed by atoms with van der Waals surface area (Å²) in [5.41, 5.74) is 2.28. The number of unbranched alkanes of at least 4 members (excludes halogenated alkanes) is 1. The Morgan fingerprint density at radius 2 is 2.05 bits per heavy atom. The second kappa shape index (κ2) is 5.69. The summed E-state index contributed by atoms with van der Waals surface area (Å²) >= 11 is 0. The van der Waals surface area contributed by atoms with Crippen molar-refractivity contribution in [2.45, 2.75) is 26.7 Å². The van der Waals surface area contributed by atoms with Gasteiger partial charge in [-0.1, -0.05) is 25.5 Å². The molecule has 1 N–H and O–H groups in total. The lowest BCUT2D eigenvalue weighted by Gasteiger charge is -2.14. The zero-order valence-corrected chi connectivity index (χ0v) is 11.3. The standard InChI is InChI=1S/C15H18N2O2/c1-3-4-8-17-14(18)10-13(15(17)19)16-12-7-5-6-11(2)9-12/h5-7,9-10,16H,3-4,8H2,1-2H3. The summed E-state index contributed by atoms with van der Waals surface area (Å²) in [4.78, 5) is 25.1. The first-order valence-corrected chi connectivity index (χ1v) is 6.53. The molecule has 1 aromatic rings. The van der Waals surface area contributed by atoms with Gasteiger partial charge in [0.15, 0.2) is 0 Å². The molecule has 0 fully saturated rings. The average molecular weight is 258 g/mol. The molecule has 0 spiro atoms. The fraction of sp³-hybridized carbons (Fsp3) is 0.333. The number of hydrogen-bond donors (Lipinski definition) is 1. The maximum Gasteiger partial charge on any atom is 0.277 e. The molecule has 0 aliphatic carbocycles. The maximum atomic E-state index is 12.1. The normalized spacial score (nSPS) is 14.8. The molecule has 19 heavy (non-hydrogen) atoms. The Bertz CT molecular complexity index is 535. The van der Waals surface area contributed by atoms with Crippen molar-refractivity contribution in [3.63, 3.8) is 0 Å². The van der Waals surface area contributed by atoms with Gasteiger partial charge in [-0.15, -0.1) is 0 Å². The van der Waals surface area contributed by atoms with E-state index in [4.69, 9.17) is 0 Å². The van der Waals surface area contributed by atoms with Crippen molar-refractivity contribution in [2.75, 3.05) is 11.9 Å². The van der Waals surface area contributed by atoms with Crippen LogP contribution in [0.1, 0.15) is 25.3 Å². The van der Waals surface area contributed by atoms with Gasteiger partial charge in [-0.05, 0) is 31.0 Å². The van der Waals surface area contributed by atoms with Crippen LogP contribution in [0, 0.1) is 6.92 Å². The van der Waals surface area contributed by atoms with Crippen molar-refractivity contribution in [1.82, 2.24) is 4.90 Å². The second-order valence-electron chi connectivity index (χ2n) is 4.70. The van der Waals surface area contributed by atoms with E-state index in [2.05, 4.69) is 5.32 Å². The zero-order chi connectivity index (χ0) is 13.8. The number of hydrogen-bond acceptors (Lipinski definition) is 3. The lowest BCUT2D eigenvalue weighted by molar-refractivity contribution is -0.137. The summed E-state index contributed by atoms with van der Waals surface area (Å²) in [6.45, 7) is 4.50. The van der Waals surface area contributed by atoms with Crippen LogP contribution >= 0.6 is 0 Å². The van der Waals surface area contributed by atoms with Crippen LogP contribution in [0.5, 0.6) is 0 Å². The van der Waals surface area contributed by atoms with Crippen molar-refractivity contribution >= 4 is 17.5 Å². The number of carbonyl (C=O) groups is 2.